The van der Waals surface area contributed by atoms with Crippen LogP contribution >= 0.6 is 15.9 Å². The van der Waals surface area contributed by atoms with Crippen molar-refractivity contribution in [1.29, 1.82) is 5.26 Å². The zero-order valence-electron chi connectivity index (χ0n) is 9.67. The largest absolute Gasteiger partial charge is 0.355 e. The predicted octanol–water partition coefficient (Wildman–Crippen LogP) is 4.51. The zero-order valence-corrected chi connectivity index (χ0v) is 11.3. The summed E-state index contributed by atoms with van der Waals surface area (Å²) in [6.07, 6.45) is 0. The van der Waals surface area contributed by atoms with Gasteiger partial charge in [0.15, 0.2) is 0 Å². The van der Waals surface area contributed by atoms with Crippen LogP contribution < -0.4 is 5.32 Å². The summed E-state index contributed by atoms with van der Waals surface area (Å²) in [7, 11) is 0. The Hall–Kier alpha value is -1.86. The van der Waals surface area contributed by atoms with E-state index in [4.69, 9.17) is 5.26 Å². The predicted molar refractivity (Wildman–Crippen MR) is 73.3 cm³/mol. The number of halogens is 2. The van der Waals surface area contributed by atoms with E-state index in [9.17, 15) is 4.39 Å². The molecule has 18 heavy (non-hydrogen) atoms. The molecule has 0 saturated carbocycles. The minimum absolute atomic E-state index is 0.0472. The number of benzene rings is 2. The Kier molecular flexibility index (Phi) is 3.63. The fourth-order valence-corrected chi connectivity index (χ4v) is 2.27. The van der Waals surface area contributed by atoms with Crippen molar-refractivity contribution in [1.82, 2.24) is 0 Å². The molecule has 0 aliphatic rings. The first-order valence-corrected chi connectivity index (χ1v) is 6.11. The van der Waals surface area contributed by atoms with Crippen LogP contribution in [-0.4, -0.2) is 0 Å². The number of nitrogens with one attached hydrogen (secondary N) is 1. The zero-order chi connectivity index (χ0) is 13.1. The summed E-state index contributed by atoms with van der Waals surface area (Å²) in [4.78, 5) is 0. The van der Waals surface area contributed by atoms with Crippen LogP contribution in [0.5, 0.6) is 0 Å². The minimum atomic E-state index is -0.519. The number of hydrogen-bond acceptors (Lipinski definition) is 2. The van der Waals surface area contributed by atoms with Gasteiger partial charge < -0.3 is 5.32 Å². The molecule has 0 bridgehead atoms. The summed E-state index contributed by atoms with van der Waals surface area (Å²) >= 11 is 3.41. The second-order valence-corrected chi connectivity index (χ2v) is 4.86. The van der Waals surface area contributed by atoms with Gasteiger partial charge >= 0.3 is 0 Å². The van der Waals surface area contributed by atoms with Crippen LogP contribution in [0.15, 0.2) is 40.9 Å². The summed E-state index contributed by atoms with van der Waals surface area (Å²) in [5, 5.41) is 11.8. The van der Waals surface area contributed by atoms with Crippen molar-refractivity contribution < 1.29 is 4.39 Å². The van der Waals surface area contributed by atoms with E-state index >= 15 is 0 Å². The van der Waals surface area contributed by atoms with Gasteiger partial charge in [-0.15, -0.1) is 0 Å². The Morgan fingerprint density at radius 3 is 2.56 bits per heavy atom. The minimum Gasteiger partial charge on any atom is -0.355 e. The van der Waals surface area contributed by atoms with Gasteiger partial charge in [0.1, 0.15) is 11.9 Å². The van der Waals surface area contributed by atoms with Gasteiger partial charge in [0.2, 0.25) is 0 Å². The summed E-state index contributed by atoms with van der Waals surface area (Å²) in [6.45, 7) is 1.98. The molecule has 0 radical (unpaired) electrons. The summed E-state index contributed by atoms with van der Waals surface area (Å²) in [6, 6.07) is 12.1. The Morgan fingerprint density at radius 2 is 1.94 bits per heavy atom. The molecule has 2 nitrogen and oxygen atoms in total. The van der Waals surface area contributed by atoms with Crippen LogP contribution in [0, 0.1) is 24.1 Å². The SMILES string of the molecule is Cc1cc(Br)cc(Nc2ccc(C#N)c(F)c2)c1. The Morgan fingerprint density at radius 1 is 1.17 bits per heavy atom. The van der Waals surface area contributed by atoms with E-state index in [1.165, 1.54) is 12.1 Å². The number of nitrogens with zero attached hydrogens (tertiary/aromatic N) is 1. The van der Waals surface area contributed by atoms with Crippen LogP contribution in [0.1, 0.15) is 11.1 Å². The average Bonchev–Trinajstić information content (AvgIpc) is 2.27. The van der Waals surface area contributed by atoms with Crippen molar-refractivity contribution in [3.8, 4) is 6.07 Å². The van der Waals surface area contributed by atoms with E-state index in [1.54, 1.807) is 12.1 Å². The van der Waals surface area contributed by atoms with E-state index in [2.05, 4.69) is 21.2 Å². The van der Waals surface area contributed by atoms with Gasteiger partial charge in [0.25, 0.3) is 0 Å². The van der Waals surface area contributed by atoms with Crippen molar-refractivity contribution in [3.05, 3.63) is 57.8 Å². The maximum absolute atomic E-state index is 13.4. The molecule has 2 rings (SSSR count). The van der Waals surface area contributed by atoms with E-state index in [0.29, 0.717) is 5.69 Å². The van der Waals surface area contributed by atoms with Crippen molar-refractivity contribution in [2.45, 2.75) is 6.92 Å². The molecule has 0 atom stereocenters. The molecule has 1 N–H and O–H groups in total. The summed E-state index contributed by atoms with van der Waals surface area (Å²) in [5.41, 5.74) is 2.63. The Labute approximate surface area is 113 Å². The first-order valence-electron chi connectivity index (χ1n) is 5.32. The molecule has 0 aliphatic heterocycles. The standard InChI is InChI=1S/C14H10BrFN2/c1-9-4-11(15)6-13(5-9)18-12-3-2-10(8-17)14(16)7-12/h2-7,18H,1H3. The molecule has 0 spiro atoms. The van der Waals surface area contributed by atoms with E-state index in [0.717, 1.165) is 15.7 Å². The van der Waals surface area contributed by atoms with Gasteiger partial charge in [0.05, 0.1) is 5.56 Å². The van der Waals surface area contributed by atoms with E-state index in [1.807, 2.05) is 25.1 Å². The molecule has 4 heteroatoms. The molecular formula is C14H10BrFN2. The molecule has 0 fully saturated rings. The molecule has 90 valence electrons. The molecule has 2 aromatic carbocycles. The smallest absolute Gasteiger partial charge is 0.143 e. The molecule has 2 aromatic rings. The molecule has 0 unspecified atom stereocenters. The highest BCUT2D eigenvalue weighted by atomic mass is 79.9. The van der Waals surface area contributed by atoms with Crippen molar-refractivity contribution in [2.24, 2.45) is 0 Å². The number of hydrogen-bond donors (Lipinski definition) is 1. The number of anilines is 2. The van der Waals surface area contributed by atoms with Crippen molar-refractivity contribution in [2.75, 3.05) is 5.32 Å². The fourth-order valence-electron chi connectivity index (χ4n) is 1.66. The molecule has 0 heterocycles. The number of aryl methyl sites for hydroxylation is 1. The van der Waals surface area contributed by atoms with Gasteiger partial charge in [-0.25, -0.2) is 4.39 Å². The first kappa shape index (κ1) is 12.6. The van der Waals surface area contributed by atoms with Gasteiger partial charge in [-0.3, -0.25) is 0 Å². The van der Waals surface area contributed by atoms with Crippen LogP contribution in [0.25, 0.3) is 0 Å². The molecule has 0 amide bonds. The normalized spacial score (nSPS) is 9.89. The van der Waals surface area contributed by atoms with E-state index < -0.39 is 5.82 Å². The van der Waals surface area contributed by atoms with Crippen LogP contribution in [0.2, 0.25) is 0 Å². The number of nitriles is 1. The van der Waals surface area contributed by atoms with Crippen LogP contribution in [-0.2, 0) is 0 Å². The molecule has 0 saturated heterocycles. The third-order valence-electron chi connectivity index (χ3n) is 2.42. The molecule has 0 aromatic heterocycles. The second-order valence-electron chi connectivity index (χ2n) is 3.95. The topological polar surface area (TPSA) is 35.8 Å². The number of rotatable bonds is 2. The quantitative estimate of drug-likeness (QED) is 0.886. The van der Waals surface area contributed by atoms with Gasteiger partial charge in [0, 0.05) is 15.8 Å². The lowest BCUT2D eigenvalue weighted by Gasteiger charge is -2.08. The highest BCUT2D eigenvalue weighted by Crippen LogP contribution is 2.23. The first-order chi connectivity index (χ1) is 8.58. The summed E-state index contributed by atoms with van der Waals surface area (Å²) < 4.78 is 14.4. The third-order valence-corrected chi connectivity index (χ3v) is 2.88. The van der Waals surface area contributed by atoms with Crippen LogP contribution in [0.4, 0.5) is 15.8 Å². The van der Waals surface area contributed by atoms with Gasteiger partial charge in [-0.05, 0) is 48.9 Å². The highest BCUT2D eigenvalue weighted by molar-refractivity contribution is 9.10. The van der Waals surface area contributed by atoms with Crippen molar-refractivity contribution in [3.63, 3.8) is 0 Å². The van der Waals surface area contributed by atoms with Crippen LogP contribution in [0.3, 0.4) is 0 Å². The lowest BCUT2D eigenvalue weighted by Crippen LogP contribution is -1.93. The lowest BCUT2D eigenvalue weighted by atomic mass is 10.2. The fraction of sp³-hybridized carbons (Fsp3) is 0.0714. The van der Waals surface area contributed by atoms with E-state index in [-0.39, 0.29) is 5.56 Å². The lowest BCUT2D eigenvalue weighted by molar-refractivity contribution is 0.624. The van der Waals surface area contributed by atoms with Crippen molar-refractivity contribution >= 4 is 27.3 Å². The Balaban J connectivity index is 2.29. The molecule has 0 aliphatic carbocycles. The second kappa shape index (κ2) is 5.19. The monoisotopic (exact) mass is 304 g/mol. The Bertz CT molecular complexity index is 612. The van der Waals surface area contributed by atoms with Gasteiger partial charge in [-0.2, -0.15) is 5.26 Å². The maximum atomic E-state index is 13.4. The maximum Gasteiger partial charge on any atom is 0.143 e. The molecular weight excluding hydrogens is 295 g/mol. The van der Waals surface area contributed by atoms with Gasteiger partial charge in [-0.1, -0.05) is 15.9 Å². The average molecular weight is 305 g/mol. The third kappa shape index (κ3) is 2.88. The summed E-state index contributed by atoms with van der Waals surface area (Å²) in [5.74, 6) is -0.519. The highest BCUT2D eigenvalue weighted by Gasteiger charge is 2.03.